The van der Waals surface area contributed by atoms with E-state index < -0.39 is 0 Å². The molecule has 0 heterocycles. The number of fused-ring (bicyclic) bond motifs is 3. The summed E-state index contributed by atoms with van der Waals surface area (Å²) in [6, 6.07) is 9.83. The van der Waals surface area contributed by atoms with Crippen molar-refractivity contribution in [3.05, 3.63) is 35.4 Å². The molecule has 0 bridgehead atoms. The van der Waals surface area contributed by atoms with E-state index in [0.29, 0.717) is 0 Å². The predicted molar refractivity (Wildman–Crippen MR) is 63.1 cm³/mol. The first-order chi connectivity index (χ1) is 7.40. The number of aryl methyl sites for hydroxylation is 1. The first-order valence-corrected chi connectivity index (χ1v) is 6.21. The van der Waals surface area contributed by atoms with E-state index >= 15 is 0 Å². The molecule has 1 aromatic carbocycles. The summed E-state index contributed by atoms with van der Waals surface area (Å²) >= 11 is 0. The van der Waals surface area contributed by atoms with Crippen molar-refractivity contribution in [3.63, 3.8) is 0 Å². The lowest BCUT2D eigenvalue weighted by Crippen LogP contribution is -2.50. The molecule has 15 heavy (non-hydrogen) atoms. The van der Waals surface area contributed by atoms with Gasteiger partial charge in [-0.1, -0.05) is 31.2 Å². The van der Waals surface area contributed by atoms with Crippen LogP contribution < -0.4 is 5.32 Å². The molecule has 80 valence electrons. The van der Waals surface area contributed by atoms with Gasteiger partial charge in [0.1, 0.15) is 0 Å². The van der Waals surface area contributed by atoms with E-state index in [4.69, 9.17) is 0 Å². The highest BCUT2D eigenvalue weighted by Crippen LogP contribution is 2.49. The summed E-state index contributed by atoms with van der Waals surface area (Å²) in [5, 5.41) is 3.61. The zero-order valence-corrected chi connectivity index (χ0v) is 9.37. The normalized spacial score (nSPS) is 32.7. The second-order valence-electron chi connectivity index (χ2n) is 4.91. The van der Waals surface area contributed by atoms with Crippen LogP contribution in [-0.4, -0.2) is 12.6 Å². The van der Waals surface area contributed by atoms with Crippen molar-refractivity contribution < 1.29 is 0 Å². The van der Waals surface area contributed by atoms with Crippen molar-refractivity contribution in [3.8, 4) is 0 Å². The van der Waals surface area contributed by atoms with Gasteiger partial charge in [-0.15, -0.1) is 0 Å². The van der Waals surface area contributed by atoms with E-state index in [1.807, 2.05) is 0 Å². The van der Waals surface area contributed by atoms with Gasteiger partial charge in [-0.05, 0) is 48.8 Å². The van der Waals surface area contributed by atoms with Crippen LogP contribution in [0.25, 0.3) is 0 Å². The second kappa shape index (κ2) is 3.64. The zero-order chi connectivity index (χ0) is 10.3. The topological polar surface area (TPSA) is 12.0 Å². The largest absolute Gasteiger partial charge is 0.314 e. The molecule has 1 fully saturated rings. The average molecular weight is 201 g/mol. The Balaban J connectivity index is 1.82. The lowest BCUT2D eigenvalue weighted by atomic mass is 9.60. The lowest BCUT2D eigenvalue weighted by molar-refractivity contribution is 0.146. The van der Waals surface area contributed by atoms with E-state index in [2.05, 4.69) is 36.5 Å². The molecule has 1 nitrogen and oxygen atoms in total. The number of nitrogens with one attached hydrogen (secondary N) is 1. The van der Waals surface area contributed by atoms with Gasteiger partial charge in [0, 0.05) is 6.04 Å². The monoisotopic (exact) mass is 201 g/mol. The summed E-state index contributed by atoms with van der Waals surface area (Å²) < 4.78 is 0. The van der Waals surface area contributed by atoms with E-state index in [1.54, 1.807) is 11.1 Å². The number of rotatable bonds is 2. The molecule has 3 unspecified atom stereocenters. The van der Waals surface area contributed by atoms with Crippen molar-refractivity contribution in [1.82, 2.24) is 5.32 Å². The van der Waals surface area contributed by atoms with Gasteiger partial charge in [0.25, 0.3) is 0 Å². The molecule has 0 saturated heterocycles. The smallest absolute Gasteiger partial charge is 0.0107 e. The molecule has 1 N–H and O–H groups in total. The van der Waals surface area contributed by atoms with Gasteiger partial charge in [-0.2, -0.15) is 0 Å². The SMILES string of the molecule is CCNC1CC2c3ccccc3CCC12. The van der Waals surface area contributed by atoms with E-state index in [-0.39, 0.29) is 0 Å². The molecule has 0 aromatic heterocycles. The zero-order valence-electron chi connectivity index (χ0n) is 9.37. The van der Waals surface area contributed by atoms with E-state index in [9.17, 15) is 0 Å². The molecular weight excluding hydrogens is 182 g/mol. The number of benzene rings is 1. The highest BCUT2D eigenvalue weighted by Gasteiger charge is 2.43. The molecule has 1 saturated carbocycles. The highest BCUT2D eigenvalue weighted by molar-refractivity contribution is 5.36. The maximum absolute atomic E-state index is 3.61. The fourth-order valence-electron chi connectivity index (χ4n) is 3.41. The molecule has 2 aliphatic rings. The summed E-state index contributed by atoms with van der Waals surface area (Å²) in [5.74, 6) is 1.78. The molecule has 3 rings (SSSR count). The Labute approximate surface area is 91.9 Å². The van der Waals surface area contributed by atoms with Crippen LogP contribution in [0.1, 0.15) is 36.8 Å². The molecule has 3 atom stereocenters. The van der Waals surface area contributed by atoms with Crippen molar-refractivity contribution in [1.29, 1.82) is 0 Å². The average Bonchev–Trinajstić information content (AvgIpc) is 2.25. The third-order valence-electron chi connectivity index (χ3n) is 4.21. The highest BCUT2D eigenvalue weighted by atomic mass is 14.9. The summed E-state index contributed by atoms with van der Waals surface area (Å²) in [4.78, 5) is 0. The molecule has 2 aliphatic carbocycles. The summed E-state index contributed by atoms with van der Waals surface area (Å²) in [6.07, 6.45) is 4.04. The molecule has 0 aliphatic heterocycles. The maximum atomic E-state index is 3.61. The van der Waals surface area contributed by atoms with Crippen molar-refractivity contribution >= 4 is 0 Å². The Morgan fingerprint density at radius 2 is 2.20 bits per heavy atom. The summed E-state index contributed by atoms with van der Waals surface area (Å²) in [6.45, 7) is 3.33. The molecular formula is C14H19N. The van der Waals surface area contributed by atoms with Crippen LogP contribution in [-0.2, 0) is 6.42 Å². The van der Waals surface area contributed by atoms with Gasteiger partial charge in [0.2, 0.25) is 0 Å². The van der Waals surface area contributed by atoms with Crippen LogP contribution in [0.3, 0.4) is 0 Å². The van der Waals surface area contributed by atoms with Gasteiger partial charge < -0.3 is 5.32 Å². The quantitative estimate of drug-likeness (QED) is 0.775. The van der Waals surface area contributed by atoms with Gasteiger partial charge in [0.05, 0.1) is 0 Å². The van der Waals surface area contributed by atoms with Crippen molar-refractivity contribution in [2.45, 2.75) is 38.1 Å². The van der Waals surface area contributed by atoms with Crippen LogP contribution in [0.4, 0.5) is 0 Å². The van der Waals surface area contributed by atoms with E-state index in [1.165, 1.54) is 19.3 Å². The van der Waals surface area contributed by atoms with Crippen molar-refractivity contribution in [2.24, 2.45) is 5.92 Å². The first kappa shape index (κ1) is 9.41. The minimum atomic E-state index is 0.799. The summed E-state index contributed by atoms with van der Waals surface area (Å²) in [7, 11) is 0. The number of hydrogen-bond acceptors (Lipinski definition) is 1. The Bertz CT molecular complexity index is 358. The molecule has 1 aromatic rings. The fourth-order valence-corrected chi connectivity index (χ4v) is 3.41. The standard InChI is InChI=1S/C14H19N/c1-2-15-14-9-13-11-6-4-3-5-10(11)7-8-12(13)14/h3-6,12-15H,2,7-9H2,1H3. The van der Waals surface area contributed by atoms with Gasteiger partial charge in [-0.3, -0.25) is 0 Å². The minimum absolute atomic E-state index is 0.799. The first-order valence-electron chi connectivity index (χ1n) is 6.21. The maximum Gasteiger partial charge on any atom is 0.0107 e. The van der Waals surface area contributed by atoms with E-state index in [0.717, 1.165) is 24.4 Å². The van der Waals surface area contributed by atoms with Crippen LogP contribution in [0.2, 0.25) is 0 Å². The molecule has 0 spiro atoms. The lowest BCUT2D eigenvalue weighted by Gasteiger charge is -2.49. The van der Waals surface area contributed by atoms with Crippen LogP contribution in [0.5, 0.6) is 0 Å². The Morgan fingerprint density at radius 3 is 3.07 bits per heavy atom. The second-order valence-corrected chi connectivity index (χ2v) is 4.91. The fraction of sp³-hybridized carbons (Fsp3) is 0.571. The third kappa shape index (κ3) is 1.41. The Hall–Kier alpha value is -0.820. The molecule has 0 amide bonds. The molecule has 0 radical (unpaired) electrons. The van der Waals surface area contributed by atoms with Crippen LogP contribution in [0.15, 0.2) is 24.3 Å². The Kier molecular flexibility index (Phi) is 2.28. The minimum Gasteiger partial charge on any atom is -0.314 e. The van der Waals surface area contributed by atoms with Gasteiger partial charge in [0.15, 0.2) is 0 Å². The van der Waals surface area contributed by atoms with Gasteiger partial charge in [-0.25, -0.2) is 0 Å². The summed E-state index contributed by atoms with van der Waals surface area (Å²) in [5.41, 5.74) is 3.25. The Morgan fingerprint density at radius 1 is 1.33 bits per heavy atom. The van der Waals surface area contributed by atoms with Crippen molar-refractivity contribution in [2.75, 3.05) is 6.54 Å². The predicted octanol–water partition coefficient (Wildman–Crippen LogP) is 2.71. The third-order valence-corrected chi connectivity index (χ3v) is 4.21. The van der Waals surface area contributed by atoms with Gasteiger partial charge >= 0.3 is 0 Å². The number of hydrogen-bond donors (Lipinski definition) is 1. The molecule has 1 heteroatoms. The van der Waals surface area contributed by atoms with Crippen LogP contribution in [0, 0.1) is 5.92 Å². The van der Waals surface area contributed by atoms with Crippen LogP contribution >= 0.6 is 0 Å².